The second kappa shape index (κ2) is 7.18. The Morgan fingerprint density at radius 1 is 1.22 bits per heavy atom. The van der Waals surface area contributed by atoms with Gasteiger partial charge in [0.15, 0.2) is 5.82 Å². The Kier molecular flexibility index (Phi) is 4.93. The first-order valence-electron chi connectivity index (χ1n) is 8.03. The van der Waals surface area contributed by atoms with E-state index < -0.39 is 25.1 Å². The lowest BCUT2D eigenvalue weighted by atomic mass is 10.1. The molecule has 0 spiro atoms. The number of nitrogens with zero attached hydrogens (tertiary/aromatic N) is 2. The molecule has 1 aromatic carbocycles. The third kappa shape index (κ3) is 3.27. The zero-order valence-corrected chi connectivity index (χ0v) is 14.9. The third-order valence-corrected chi connectivity index (χ3v) is 4.23. The number of methoxy groups -OCH3 is 1. The van der Waals surface area contributed by atoms with Crippen molar-refractivity contribution in [3.05, 3.63) is 52.6 Å². The van der Waals surface area contributed by atoms with Gasteiger partial charge in [0.2, 0.25) is 0 Å². The molecule has 0 aliphatic carbocycles. The van der Waals surface area contributed by atoms with Crippen LogP contribution in [-0.2, 0) is 16.1 Å². The number of para-hydroxylation sites is 2. The number of fused-ring (bicyclic) bond motifs is 1. The molecule has 0 fully saturated rings. The minimum atomic E-state index is -2.83. The number of aromatic amines is 1. The number of carbonyl (C=O) groups is 2. The second-order valence-corrected chi connectivity index (χ2v) is 5.86. The Hall–Kier alpha value is -3.23. The van der Waals surface area contributed by atoms with Gasteiger partial charge in [-0.3, -0.25) is 4.57 Å². The molecule has 7 nitrogen and oxygen atoms in total. The molecule has 1 N–H and O–H groups in total. The number of nitrogens with one attached hydrogen (secondary N) is 1. The van der Waals surface area contributed by atoms with E-state index in [0.29, 0.717) is 16.8 Å². The van der Waals surface area contributed by atoms with Gasteiger partial charge in [0.05, 0.1) is 23.7 Å². The number of hydrogen-bond acceptors (Lipinski definition) is 5. The topological polar surface area (TPSA) is 86.2 Å². The average Bonchev–Trinajstić information content (AvgIpc) is 3.16. The Labute approximate surface area is 152 Å². The first-order chi connectivity index (χ1) is 12.8. The SMILES string of the molecule is COC(=O)c1c(C)[nH]c(C(=O)OCc2nc3ccccc3n2C(F)F)c1C. The summed E-state index contributed by atoms with van der Waals surface area (Å²) in [5.74, 6) is -1.44. The first-order valence-corrected chi connectivity index (χ1v) is 8.03. The van der Waals surface area contributed by atoms with E-state index in [9.17, 15) is 18.4 Å². The van der Waals surface area contributed by atoms with Gasteiger partial charge in [-0.1, -0.05) is 12.1 Å². The van der Waals surface area contributed by atoms with Crippen LogP contribution >= 0.6 is 0 Å². The van der Waals surface area contributed by atoms with Crippen molar-refractivity contribution >= 4 is 23.0 Å². The number of carbonyl (C=O) groups excluding carboxylic acids is 2. The number of hydrogen-bond donors (Lipinski definition) is 1. The zero-order valence-electron chi connectivity index (χ0n) is 14.9. The minimum absolute atomic E-state index is 0.0626. The fourth-order valence-corrected chi connectivity index (χ4v) is 2.98. The van der Waals surface area contributed by atoms with Crippen molar-refractivity contribution in [2.75, 3.05) is 7.11 Å². The number of aryl methyl sites for hydroxylation is 1. The molecule has 2 aromatic heterocycles. The number of esters is 2. The molecule has 3 aromatic rings. The number of alkyl halides is 2. The van der Waals surface area contributed by atoms with Crippen molar-refractivity contribution in [2.45, 2.75) is 27.0 Å². The fourth-order valence-electron chi connectivity index (χ4n) is 2.98. The summed E-state index contributed by atoms with van der Waals surface area (Å²) in [5, 5.41) is 0. The number of rotatable bonds is 5. The number of ether oxygens (including phenoxy) is 2. The van der Waals surface area contributed by atoms with E-state index in [1.54, 1.807) is 32.0 Å². The Bertz CT molecular complexity index is 1020. The van der Waals surface area contributed by atoms with Crippen molar-refractivity contribution in [1.29, 1.82) is 0 Å². The van der Waals surface area contributed by atoms with E-state index >= 15 is 0 Å². The van der Waals surface area contributed by atoms with E-state index in [0.717, 1.165) is 4.57 Å². The molecule has 0 aliphatic rings. The molecule has 0 bridgehead atoms. The molecule has 9 heteroatoms. The second-order valence-electron chi connectivity index (χ2n) is 5.86. The lowest BCUT2D eigenvalue weighted by Gasteiger charge is -2.08. The van der Waals surface area contributed by atoms with E-state index in [2.05, 4.69) is 14.7 Å². The highest BCUT2D eigenvalue weighted by atomic mass is 19.3. The Balaban J connectivity index is 1.86. The van der Waals surface area contributed by atoms with Crippen LogP contribution in [0.4, 0.5) is 8.78 Å². The highest BCUT2D eigenvalue weighted by molar-refractivity contribution is 5.98. The van der Waals surface area contributed by atoms with E-state index in [1.165, 1.54) is 13.2 Å². The predicted octanol–water partition coefficient (Wildman–Crippen LogP) is 3.52. The smallest absolute Gasteiger partial charge is 0.355 e. The molecule has 0 saturated carbocycles. The molecule has 0 unspecified atom stereocenters. The third-order valence-electron chi connectivity index (χ3n) is 4.23. The molecule has 0 amide bonds. The highest BCUT2D eigenvalue weighted by Gasteiger charge is 2.24. The molecule has 0 saturated heterocycles. The van der Waals surface area contributed by atoms with E-state index in [1.807, 2.05) is 0 Å². The number of H-pyrrole nitrogens is 1. The van der Waals surface area contributed by atoms with Crippen LogP contribution in [-0.4, -0.2) is 33.6 Å². The van der Waals surface area contributed by atoms with E-state index in [4.69, 9.17) is 4.74 Å². The van der Waals surface area contributed by atoms with E-state index in [-0.39, 0.29) is 22.6 Å². The van der Waals surface area contributed by atoms with Gasteiger partial charge in [-0.25, -0.2) is 14.6 Å². The maximum absolute atomic E-state index is 13.4. The lowest BCUT2D eigenvalue weighted by molar-refractivity contribution is 0.0381. The maximum atomic E-state index is 13.4. The number of benzene rings is 1. The van der Waals surface area contributed by atoms with Crippen LogP contribution in [0, 0.1) is 13.8 Å². The maximum Gasteiger partial charge on any atom is 0.355 e. The number of imidazole rings is 1. The summed E-state index contributed by atoms with van der Waals surface area (Å²) in [4.78, 5) is 31.1. The summed E-state index contributed by atoms with van der Waals surface area (Å²) in [7, 11) is 1.24. The van der Waals surface area contributed by atoms with Crippen molar-refractivity contribution in [2.24, 2.45) is 0 Å². The van der Waals surface area contributed by atoms with Crippen LogP contribution < -0.4 is 0 Å². The summed E-state index contributed by atoms with van der Waals surface area (Å²) in [6.45, 7) is -0.0814. The van der Waals surface area contributed by atoms with Gasteiger partial charge < -0.3 is 14.5 Å². The Morgan fingerprint density at radius 3 is 2.59 bits per heavy atom. The molecule has 0 aliphatic heterocycles. The van der Waals surface area contributed by atoms with Crippen LogP contribution in [0.25, 0.3) is 11.0 Å². The van der Waals surface area contributed by atoms with Gasteiger partial charge in [0, 0.05) is 5.69 Å². The molecule has 3 rings (SSSR count). The zero-order chi connectivity index (χ0) is 19.7. The summed E-state index contributed by atoms with van der Waals surface area (Å²) in [6, 6.07) is 6.42. The molecular formula is C18H17F2N3O4. The van der Waals surface area contributed by atoms with Gasteiger partial charge >= 0.3 is 18.5 Å². The molecule has 0 radical (unpaired) electrons. The predicted molar refractivity (Wildman–Crippen MR) is 91.7 cm³/mol. The summed E-state index contributed by atoms with van der Waals surface area (Å²) < 4.78 is 37.4. The number of aromatic nitrogens is 3. The van der Waals surface area contributed by atoms with Gasteiger partial charge in [-0.2, -0.15) is 8.78 Å². The van der Waals surface area contributed by atoms with Crippen LogP contribution in [0.2, 0.25) is 0 Å². The van der Waals surface area contributed by atoms with Crippen molar-refractivity contribution in [3.63, 3.8) is 0 Å². The first kappa shape index (κ1) is 18.6. The van der Waals surface area contributed by atoms with Gasteiger partial charge in [-0.05, 0) is 31.5 Å². The highest BCUT2D eigenvalue weighted by Crippen LogP contribution is 2.24. The monoisotopic (exact) mass is 377 g/mol. The van der Waals surface area contributed by atoms with Gasteiger partial charge in [0.1, 0.15) is 12.3 Å². The molecule has 0 atom stereocenters. The largest absolute Gasteiger partial charge is 0.465 e. The fraction of sp³-hybridized carbons (Fsp3) is 0.278. The van der Waals surface area contributed by atoms with Crippen LogP contribution in [0.5, 0.6) is 0 Å². The minimum Gasteiger partial charge on any atom is -0.465 e. The number of halogens is 2. The van der Waals surface area contributed by atoms with Crippen LogP contribution in [0.3, 0.4) is 0 Å². The Morgan fingerprint density at radius 2 is 1.93 bits per heavy atom. The lowest BCUT2D eigenvalue weighted by Crippen LogP contribution is -2.12. The summed E-state index contributed by atoms with van der Waals surface area (Å²) in [5.41, 5.74) is 1.75. The summed E-state index contributed by atoms with van der Waals surface area (Å²) >= 11 is 0. The molecule has 142 valence electrons. The van der Waals surface area contributed by atoms with Gasteiger partial charge in [0.25, 0.3) is 0 Å². The normalized spacial score (nSPS) is 11.2. The average molecular weight is 377 g/mol. The molecule has 27 heavy (non-hydrogen) atoms. The van der Waals surface area contributed by atoms with Crippen molar-refractivity contribution < 1.29 is 27.8 Å². The van der Waals surface area contributed by atoms with Crippen LogP contribution in [0.15, 0.2) is 24.3 Å². The van der Waals surface area contributed by atoms with Crippen molar-refractivity contribution in [3.8, 4) is 0 Å². The van der Waals surface area contributed by atoms with Gasteiger partial charge in [-0.15, -0.1) is 0 Å². The quantitative estimate of drug-likeness (QED) is 0.688. The van der Waals surface area contributed by atoms with Crippen LogP contribution in [0.1, 0.15) is 44.5 Å². The summed E-state index contributed by atoms with van der Waals surface area (Å²) in [6.07, 6.45) is 0. The molecule has 2 heterocycles. The standard InChI is InChI=1S/C18H17F2N3O4/c1-9-14(16(24)26-3)10(2)21-15(9)17(25)27-8-13-22-11-6-4-5-7-12(11)23(13)18(19)20/h4-7,18,21H,8H2,1-3H3. The molecular weight excluding hydrogens is 360 g/mol. The van der Waals surface area contributed by atoms with Crippen molar-refractivity contribution in [1.82, 2.24) is 14.5 Å².